The van der Waals surface area contributed by atoms with Crippen LogP contribution in [0.2, 0.25) is 0 Å². The summed E-state index contributed by atoms with van der Waals surface area (Å²) >= 11 is 0. The molecule has 0 aliphatic carbocycles. The maximum Gasteiger partial charge on any atom is 0.137 e. The minimum atomic E-state index is 0.105. The Morgan fingerprint density at radius 2 is 1.65 bits per heavy atom. The maximum absolute atomic E-state index is 4.74. The van der Waals surface area contributed by atoms with Crippen molar-refractivity contribution >= 4 is 5.65 Å². The zero-order valence-electron chi connectivity index (χ0n) is 11.7. The molecule has 0 fully saturated rings. The van der Waals surface area contributed by atoms with E-state index in [2.05, 4.69) is 70.5 Å². The topological polar surface area (TPSA) is 17.3 Å². The van der Waals surface area contributed by atoms with E-state index < -0.39 is 0 Å². The van der Waals surface area contributed by atoms with Crippen LogP contribution in [0.1, 0.15) is 52.8 Å². The molecule has 2 nitrogen and oxygen atoms in total. The number of aromatic nitrogens is 2. The lowest BCUT2D eigenvalue weighted by Crippen LogP contribution is -2.13. The van der Waals surface area contributed by atoms with Crippen molar-refractivity contribution in [1.82, 2.24) is 9.38 Å². The summed E-state index contributed by atoms with van der Waals surface area (Å²) in [5, 5.41) is 0. The summed E-state index contributed by atoms with van der Waals surface area (Å²) in [6, 6.07) is 4.30. The SMILES string of the molecule is CC(C)(C)c1cc2nc(C(C)(C)C)ccn2c1. The van der Waals surface area contributed by atoms with Gasteiger partial charge in [-0.05, 0) is 23.1 Å². The van der Waals surface area contributed by atoms with Crippen LogP contribution in [0.5, 0.6) is 0 Å². The average molecular weight is 230 g/mol. The van der Waals surface area contributed by atoms with E-state index in [1.807, 2.05) is 0 Å². The predicted molar refractivity (Wildman–Crippen MR) is 72.6 cm³/mol. The normalized spacial score (nSPS) is 13.3. The second kappa shape index (κ2) is 3.59. The zero-order valence-corrected chi connectivity index (χ0v) is 11.7. The molecule has 0 aromatic carbocycles. The molecular formula is C15H22N2. The number of fused-ring (bicyclic) bond motifs is 1. The molecule has 2 aromatic rings. The largest absolute Gasteiger partial charge is 0.308 e. The van der Waals surface area contributed by atoms with Gasteiger partial charge in [-0.3, -0.25) is 0 Å². The van der Waals surface area contributed by atoms with E-state index in [9.17, 15) is 0 Å². The first-order valence-electron chi connectivity index (χ1n) is 6.18. The molecule has 2 rings (SSSR count). The molecule has 0 N–H and O–H groups in total. The van der Waals surface area contributed by atoms with Gasteiger partial charge in [-0.1, -0.05) is 41.5 Å². The molecule has 0 radical (unpaired) electrons. The van der Waals surface area contributed by atoms with Crippen LogP contribution >= 0.6 is 0 Å². The molecule has 0 spiro atoms. The molecule has 92 valence electrons. The Kier molecular flexibility index (Phi) is 2.57. The molecule has 0 amide bonds. The van der Waals surface area contributed by atoms with Crippen molar-refractivity contribution < 1.29 is 0 Å². The second-order valence-corrected chi connectivity index (χ2v) is 6.81. The summed E-state index contributed by atoms with van der Waals surface area (Å²) in [6.45, 7) is 13.3. The van der Waals surface area contributed by atoms with Crippen LogP contribution in [0, 0.1) is 0 Å². The van der Waals surface area contributed by atoms with Crippen LogP contribution in [0.4, 0.5) is 0 Å². The standard InChI is InChI=1S/C15H22N2/c1-14(2,3)11-9-13-16-12(15(4,5)6)7-8-17(13)10-11/h7-10H,1-6H3. The van der Waals surface area contributed by atoms with Gasteiger partial charge in [0.25, 0.3) is 0 Å². The lowest BCUT2D eigenvalue weighted by Gasteiger charge is -2.17. The van der Waals surface area contributed by atoms with Gasteiger partial charge in [-0.25, -0.2) is 4.98 Å². The third kappa shape index (κ3) is 2.36. The van der Waals surface area contributed by atoms with Crippen molar-refractivity contribution in [3.05, 3.63) is 35.8 Å². The summed E-state index contributed by atoms with van der Waals surface area (Å²) in [5.74, 6) is 0. The Balaban J connectivity index is 2.56. The van der Waals surface area contributed by atoms with Crippen molar-refractivity contribution in [2.45, 2.75) is 52.4 Å². The zero-order chi connectivity index (χ0) is 12.8. The molecule has 0 atom stereocenters. The molecule has 2 aromatic heterocycles. The highest BCUT2D eigenvalue weighted by Crippen LogP contribution is 2.26. The van der Waals surface area contributed by atoms with Gasteiger partial charge < -0.3 is 4.40 Å². The lowest BCUT2D eigenvalue weighted by atomic mass is 9.89. The fourth-order valence-electron chi connectivity index (χ4n) is 1.82. The summed E-state index contributed by atoms with van der Waals surface area (Å²) in [7, 11) is 0. The van der Waals surface area contributed by atoms with Crippen molar-refractivity contribution in [3.8, 4) is 0 Å². The van der Waals surface area contributed by atoms with E-state index in [1.165, 1.54) is 5.56 Å². The molecule has 0 bridgehead atoms. The molecule has 0 saturated heterocycles. The van der Waals surface area contributed by atoms with E-state index in [-0.39, 0.29) is 10.8 Å². The first-order chi connectivity index (χ1) is 7.68. The van der Waals surface area contributed by atoms with E-state index >= 15 is 0 Å². The van der Waals surface area contributed by atoms with Crippen molar-refractivity contribution in [2.75, 3.05) is 0 Å². The summed E-state index contributed by atoms with van der Waals surface area (Å²) in [4.78, 5) is 4.74. The van der Waals surface area contributed by atoms with E-state index in [4.69, 9.17) is 4.98 Å². The number of hydrogen-bond acceptors (Lipinski definition) is 1. The number of hydrogen-bond donors (Lipinski definition) is 0. The third-order valence-corrected chi connectivity index (χ3v) is 3.09. The van der Waals surface area contributed by atoms with Crippen molar-refractivity contribution in [3.63, 3.8) is 0 Å². The summed E-state index contributed by atoms with van der Waals surface area (Å²) in [6.07, 6.45) is 4.28. The molecule has 0 unspecified atom stereocenters. The quantitative estimate of drug-likeness (QED) is 0.670. The van der Waals surface area contributed by atoms with Crippen molar-refractivity contribution in [2.24, 2.45) is 0 Å². The Morgan fingerprint density at radius 3 is 2.18 bits per heavy atom. The first kappa shape index (κ1) is 12.2. The highest BCUT2D eigenvalue weighted by atomic mass is 15.0. The Hall–Kier alpha value is -1.31. The molecule has 2 heteroatoms. The lowest BCUT2D eigenvalue weighted by molar-refractivity contribution is 0.569. The molecule has 0 saturated carbocycles. The van der Waals surface area contributed by atoms with E-state index in [0.717, 1.165) is 11.3 Å². The molecule has 17 heavy (non-hydrogen) atoms. The van der Waals surface area contributed by atoms with Gasteiger partial charge in [0.2, 0.25) is 0 Å². The van der Waals surface area contributed by atoms with Crippen molar-refractivity contribution in [1.29, 1.82) is 0 Å². The summed E-state index contributed by atoms with van der Waals surface area (Å²) < 4.78 is 2.11. The first-order valence-corrected chi connectivity index (χ1v) is 6.18. The molecule has 2 heterocycles. The minimum absolute atomic E-state index is 0.105. The van der Waals surface area contributed by atoms with Crippen LogP contribution in [0.15, 0.2) is 24.5 Å². The predicted octanol–water partition coefficient (Wildman–Crippen LogP) is 3.93. The van der Waals surface area contributed by atoms with Gasteiger partial charge in [0.1, 0.15) is 5.65 Å². The summed E-state index contributed by atoms with van der Waals surface area (Å²) in [5.41, 5.74) is 3.80. The Bertz CT molecular complexity index is 524. The molecular weight excluding hydrogens is 208 g/mol. The highest BCUT2D eigenvalue weighted by molar-refractivity contribution is 5.46. The maximum atomic E-state index is 4.74. The van der Waals surface area contributed by atoms with Gasteiger partial charge in [-0.15, -0.1) is 0 Å². The van der Waals surface area contributed by atoms with Crippen LogP contribution in [0.3, 0.4) is 0 Å². The molecule has 0 aliphatic rings. The van der Waals surface area contributed by atoms with Crippen LogP contribution < -0.4 is 0 Å². The smallest absolute Gasteiger partial charge is 0.137 e. The highest BCUT2D eigenvalue weighted by Gasteiger charge is 2.19. The molecule has 0 aliphatic heterocycles. The van der Waals surface area contributed by atoms with E-state index in [0.29, 0.717) is 0 Å². The second-order valence-electron chi connectivity index (χ2n) is 6.81. The van der Waals surface area contributed by atoms with Gasteiger partial charge in [0.05, 0.1) is 0 Å². The van der Waals surface area contributed by atoms with Gasteiger partial charge in [-0.2, -0.15) is 0 Å². The third-order valence-electron chi connectivity index (χ3n) is 3.09. The van der Waals surface area contributed by atoms with Gasteiger partial charge >= 0.3 is 0 Å². The number of nitrogens with zero attached hydrogens (tertiary/aromatic N) is 2. The number of rotatable bonds is 0. The van der Waals surface area contributed by atoms with Gasteiger partial charge in [0.15, 0.2) is 0 Å². The van der Waals surface area contributed by atoms with Gasteiger partial charge in [0, 0.05) is 23.5 Å². The van der Waals surface area contributed by atoms with Crippen LogP contribution in [-0.4, -0.2) is 9.38 Å². The van der Waals surface area contributed by atoms with Crippen LogP contribution in [0.25, 0.3) is 5.65 Å². The monoisotopic (exact) mass is 230 g/mol. The Morgan fingerprint density at radius 1 is 1.00 bits per heavy atom. The average Bonchev–Trinajstić information content (AvgIpc) is 2.57. The van der Waals surface area contributed by atoms with Crippen LogP contribution in [-0.2, 0) is 10.8 Å². The minimum Gasteiger partial charge on any atom is -0.308 e. The Labute approximate surface area is 104 Å². The van der Waals surface area contributed by atoms with E-state index in [1.54, 1.807) is 0 Å². The fraction of sp³-hybridized carbons (Fsp3) is 0.533. The fourth-order valence-corrected chi connectivity index (χ4v) is 1.82.